The first-order valence-electron chi connectivity index (χ1n) is 4.91. The highest BCUT2D eigenvalue weighted by Gasteiger charge is 2.22. The number of carboxylic acid groups (broad SMARTS) is 1. The van der Waals surface area contributed by atoms with Crippen molar-refractivity contribution in [2.75, 3.05) is 13.2 Å². The smallest absolute Gasteiger partial charge is 0.407 e. The van der Waals surface area contributed by atoms with Crippen LogP contribution in [0.4, 0.5) is 4.79 Å². The van der Waals surface area contributed by atoms with Crippen LogP contribution in [0.3, 0.4) is 0 Å². The predicted octanol–water partition coefficient (Wildman–Crippen LogP) is 0.267. The molecule has 7 nitrogen and oxygen atoms in total. The van der Waals surface area contributed by atoms with Crippen LogP contribution in [0.25, 0.3) is 0 Å². The summed E-state index contributed by atoms with van der Waals surface area (Å²) in [6.45, 7) is 0.536. The van der Waals surface area contributed by atoms with Gasteiger partial charge in [0, 0.05) is 6.20 Å². The first kappa shape index (κ1) is 11.2. The predicted molar refractivity (Wildman–Crippen MR) is 55.0 cm³/mol. The molecule has 0 radical (unpaired) electrons. The zero-order chi connectivity index (χ0) is 12.3. The van der Waals surface area contributed by atoms with Crippen LogP contribution in [0, 0.1) is 0 Å². The van der Waals surface area contributed by atoms with Crippen molar-refractivity contribution >= 4 is 12.1 Å². The number of rotatable bonds is 4. The Morgan fingerprint density at radius 2 is 2.47 bits per heavy atom. The molecule has 0 aromatic carbocycles. The lowest BCUT2D eigenvalue weighted by Crippen LogP contribution is -2.22. The van der Waals surface area contributed by atoms with Crippen molar-refractivity contribution in [3.63, 3.8) is 0 Å². The second kappa shape index (κ2) is 4.69. The number of aromatic nitrogens is 1. The largest absolute Gasteiger partial charge is 0.488 e. The molecule has 1 atom stereocenters. The normalized spacial score (nSPS) is 18.4. The van der Waals surface area contributed by atoms with Crippen molar-refractivity contribution in [1.29, 1.82) is 0 Å². The van der Waals surface area contributed by atoms with Gasteiger partial charge in [0.25, 0.3) is 0 Å². The minimum absolute atomic E-state index is 0.0454. The molecule has 1 aromatic heterocycles. The molecular formula is C10H10N2O5. The molecule has 1 unspecified atom stereocenters. The van der Waals surface area contributed by atoms with E-state index >= 15 is 0 Å². The van der Waals surface area contributed by atoms with E-state index in [-0.39, 0.29) is 18.3 Å². The Morgan fingerprint density at radius 1 is 1.65 bits per heavy atom. The van der Waals surface area contributed by atoms with E-state index in [0.717, 1.165) is 0 Å². The summed E-state index contributed by atoms with van der Waals surface area (Å²) >= 11 is 0. The molecule has 1 aromatic rings. The molecule has 1 aliphatic rings. The molecule has 2 rings (SSSR count). The number of carbonyl (C=O) groups is 2. The zero-order valence-corrected chi connectivity index (χ0v) is 8.75. The fraction of sp³-hybridized carbons (Fsp3) is 0.300. The number of carboxylic acids is 1. The molecule has 2 heterocycles. The first-order chi connectivity index (χ1) is 8.15. The number of ether oxygens (including phenoxy) is 2. The van der Waals surface area contributed by atoms with Crippen molar-refractivity contribution in [1.82, 2.24) is 10.3 Å². The van der Waals surface area contributed by atoms with Gasteiger partial charge in [-0.1, -0.05) is 0 Å². The summed E-state index contributed by atoms with van der Waals surface area (Å²) in [7, 11) is 0. The van der Waals surface area contributed by atoms with E-state index in [0.29, 0.717) is 12.3 Å². The third-order valence-electron chi connectivity index (χ3n) is 2.14. The van der Waals surface area contributed by atoms with E-state index < -0.39 is 12.1 Å². The van der Waals surface area contributed by atoms with E-state index in [1.165, 1.54) is 18.5 Å². The van der Waals surface area contributed by atoms with Gasteiger partial charge in [-0.25, -0.2) is 9.59 Å². The van der Waals surface area contributed by atoms with Gasteiger partial charge in [0.05, 0.1) is 18.3 Å². The fourth-order valence-electron chi connectivity index (χ4n) is 1.33. The zero-order valence-electron chi connectivity index (χ0n) is 8.75. The van der Waals surface area contributed by atoms with Crippen LogP contribution in [0.2, 0.25) is 0 Å². The summed E-state index contributed by atoms with van der Waals surface area (Å²) in [6.07, 6.45) is 1.79. The molecule has 1 fully saturated rings. The lowest BCUT2D eigenvalue weighted by molar-refractivity contribution is 0.0695. The lowest BCUT2D eigenvalue weighted by atomic mass is 10.3. The Balaban J connectivity index is 1.92. The van der Waals surface area contributed by atoms with Crippen molar-refractivity contribution in [3.8, 4) is 5.75 Å². The summed E-state index contributed by atoms with van der Waals surface area (Å²) in [6, 6.07) is 1.36. The van der Waals surface area contributed by atoms with Crippen molar-refractivity contribution in [2.45, 2.75) is 6.10 Å². The van der Waals surface area contributed by atoms with Gasteiger partial charge in [-0.15, -0.1) is 0 Å². The number of hydrogen-bond acceptors (Lipinski definition) is 5. The average molecular weight is 238 g/mol. The van der Waals surface area contributed by atoms with Crippen molar-refractivity contribution in [2.24, 2.45) is 0 Å². The monoisotopic (exact) mass is 238 g/mol. The van der Waals surface area contributed by atoms with Crippen LogP contribution >= 0.6 is 0 Å². The molecule has 1 saturated heterocycles. The fourth-order valence-corrected chi connectivity index (χ4v) is 1.33. The Hall–Kier alpha value is -2.31. The average Bonchev–Trinajstić information content (AvgIpc) is 2.73. The van der Waals surface area contributed by atoms with Crippen molar-refractivity contribution in [3.05, 3.63) is 24.0 Å². The molecular weight excluding hydrogens is 228 g/mol. The minimum Gasteiger partial charge on any atom is -0.488 e. The first-order valence-corrected chi connectivity index (χ1v) is 4.91. The minimum atomic E-state index is -1.07. The van der Waals surface area contributed by atoms with Crippen LogP contribution in [-0.4, -0.2) is 41.4 Å². The number of hydrogen-bond donors (Lipinski definition) is 2. The van der Waals surface area contributed by atoms with E-state index in [2.05, 4.69) is 10.3 Å². The molecule has 2 N–H and O–H groups in total. The number of aromatic carboxylic acids is 1. The van der Waals surface area contributed by atoms with Crippen LogP contribution in [0.1, 0.15) is 10.4 Å². The lowest BCUT2D eigenvalue weighted by Gasteiger charge is -2.09. The molecule has 7 heteroatoms. The molecule has 0 bridgehead atoms. The number of alkyl carbamates (subject to hydrolysis) is 1. The number of cyclic esters (lactones) is 1. The number of amides is 1. The SMILES string of the molecule is O=C1NCC(COc2cncc(C(=O)O)c2)O1. The third kappa shape index (κ3) is 2.83. The Morgan fingerprint density at radius 3 is 3.12 bits per heavy atom. The molecule has 0 aliphatic carbocycles. The number of pyridine rings is 1. The summed E-state index contributed by atoms with van der Waals surface area (Å²) < 4.78 is 10.1. The van der Waals surface area contributed by atoms with E-state index in [1.807, 2.05) is 0 Å². The Bertz CT molecular complexity index is 448. The molecule has 1 aliphatic heterocycles. The van der Waals surface area contributed by atoms with E-state index in [1.54, 1.807) is 0 Å². The van der Waals surface area contributed by atoms with E-state index in [4.69, 9.17) is 14.6 Å². The summed E-state index contributed by atoms with van der Waals surface area (Å²) in [5.74, 6) is -0.746. The number of nitrogens with one attached hydrogen (secondary N) is 1. The Labute approximate surface area is 96.4 Å². The molecule has 17 heavy (non-hydrogen) atoms. The highest BCUT2D eigenvalue weighted by Crippen LogP contribution is 2.12. The van der Waals surface area contributed by atoms with Gasteiger partial charge in [-0.05, 0) is 6.07 Å². The molecule has 0 spiro atoms. The molecule has 90 valence electrons. The number of nitrogens with zero attached hydrogens (tertiary/aromatic N) is 1. The molecule has 0 saturated carbocycles. The highest BCUT2D eigenvalue weighted by molar-refractivity contribution is 5.87. The highest BCUT2D eigenvalue weighted by atomic mass is 16.6. The van der Waals surface area contributed by atoms with Gasteiger partial charge in [-0.2, -0.15) is 0 Å². The summed E-state index contributed by atoms with van der Waals surface area (Å²) in [5.41, 5.74) is 0.0454. The van der Waals surface area contributed by atoms with Gasteiger partial charge in [0.15, 0.2) is 6.10 Å². The summed E-state index contributed by atoms with van der Waals surface area (Å²) in [4.78, 5) is 25.1. The van der Waals surface area contributed by atoms with Gasteiger partial charge < -0.3 is 19.9 Å². The second-order valence-electron chi connectivity index (χ2n) is 3.43. The van der Waals surface area contributed by atoms with Crippen LogP contribution < -0.4 is 10.1 Å². The standard InChI is InChI=1S/C10H10N2O5/c13-9(14)6-1-7(3-11-2-6)16-5-8-4-12-10(15)17-8/h1-3,8H,4-5H2,(H,12,15)(H,13,14). The van der Waals surface area contributed by atoms with Crippen LogP contribution in [0.15, 0.2) is 18.5 Å². The maximum atomic E-state index is 10.7. The third-order valence-corrected chi connectivity index (χ3v) is 2.14. The topological polar surface area (TPSA) is 97.8 Å². The van der Waals surface area contributed by atoms with Gasteiger partial charge >= 0.3 is 12.1 Å². The maximum Gasteiger partial charge on any atom is 0.407 e. The van der Waals surface area contributed by atoms with Crippen LogP contribution in [0.5, 0.6) is 5.75 Å². The Kier molecular flexibility index (Phi) is 3.08. The second-order valence-corrected chi connectivity index (χ2v) is 3.43. The van der Waals surface area contributed by atoms with Gasteiger partial charge in [-0.3, -0.25) is 4.98 Å². The number of carbonyl (C=O) groups excluding carboxylic acids is 1. The van der Waals surface area contributed by atoms with E-state index in [9.17, 15) is 9.59 Å². The quantitative estimate of drug-likeness (QED) is 0.781. The van der Waals surface area contributed by atoms with Crippen LogP contribution in [-0.2, 0) is 4.74 Å². The maximum absolute atomic E-state index is 10.7. The van der Waals surface area contributed by atoms with Gasteiger partial charge in [0.2, 0.25) is 0 Å². The van der Waals surface area contributed by atoms with Gasteiger partial charge in [0.1, 0.15) is 12.4 Å². The van der Waals surface area contributed by atoms with Crippen molar-refractivity contribution < 1.29 is 24.2 Å². The summed E-state index contributed by atoms with van der Waals surface area (Å²) in [5, 5.41) is 11.2. The molecule has 1 amide bonds.